The molecule has 122 valence electrons. The summed E-state index contributed by atoms with van der Waals surface area (Å²) in [6, 6.07) is 9.41. The summed E-state index contributed by atoms with van der Waals surface area (Å²) in [7, 11) is 0. The zero-order valence-electron chi connectivity index (χ0n) is 13.2. The van der Waals surface area contributed by atoms with E-state index >= 15 is 0 Å². The van der Waals surface area contributed by atoms with Crippen LogP contribution in [-0.2, 0) is 6.42 Å². The second kappa shape index (κ2) is 9.10. The molecule has 0 saturated heterocycles. The van der Waals surface area contributed by atoms with Crippen LogP contribution in [0.2, 0.25) is 5.02 Å². The third-order valence-corrected chi connectivity index (χ3v) is 3.60. The lowest BCUT2D eigenvalue weighted by molar-refractivity contribution is 0.0948. The molecule has 1 aromatic carbocycles. The molecule has 0 atom stereocenters. The maximum absolute atomic E-state index is 12.0. The van der Waals surface area contributed by atoms with Crippen molar-refractivity contribution in [3.8, 4) is 0 Å². The highest BCUT2D eigenvalue weighted by atomic mass is 35.5. The third-order valence-electron chi connectivity index (χ3n) is 3.35. The van der Waals surface area contributed by atoms with Crippen LogP contribution in [0.3, 0.4) is 0 Å². The first-order valence-corrected chi connectivity index (χ1v) is 8.15. The van der Waals surface area contributed by atoms with Crippen LogP contribution in [0.15, 0.2) is 36.7 Å². The summed E-state index contributed by atoms with van der Waals surface area (Å²) >= 11 is 5.86. The van der Waals surface area contributed by atoms with Crippen LogP contribution in [0.25, 0.3) is 0 Å². The zero-order chi connectivity index (χ0) is 16.5. The van der Waals surface area contributed by atoms with Crippen LogP contribution in [-0.4, -0.2) is 29.0 Å². The molecule has 0 saturated carbocycles. The molecule has 0 aliphatic carbocycles. The molecule has 1 heterocycles. The number of carbonyl (C=O) groups is 1. The lowest BCUT2D eigenvalue weighted by Crippen LogP contribution is -2.25. The molecule has 0 aliphatic heterocycles. The maximum Gasteiger partial charge on any atom is 0.270 e. The minimum atomic E-state index is -0.165. The van der Waals surface area contributed by atoms with Crippen molar-refractivity contribution in [2.75, 3.05) is 18.4 Å². The standard InChI is InChI=1S/C17H21ClN4O/c1-2-3-9-20-17(23)15-11-16(22-12-21-15)19-10-8-13-4-6-14(18)7-5-13/h4-7,11-12H,2-3,8-10H2,1H3,(H,20,23)(H,19,21,22). The van der Waals surface area contributed by atoms with E-state index in [-0.39, 0.29) is 5.91 Å². The van der Waals surface area contributed by atoms with Gasteiger partial charge in [0.2, 0.25) is 0 Å². The summed E-state index contributed by atoms with van der Waals surface area (Å²) in [4.78, 5) is 20.1. The van der Waals surface area contributed by atoms with Crippen LogP contribution in [0.1, 0.15) is 35.8 Å². The number of nitrogens with one attached hydrogen (secondary N) is 2. The van der Waals surface area contributed by atoms with E-state index in [0.29, 0.717) is 18.1 Å². The Morgan fingerprint density at radius 2 is 1.96 bits per heavy atom. The lowest BCUT2D eigenvalue weighted by Gasteiger charge is -2.07. The number of nitrogens with zero attached hydrogens (tertiary/aromatic N) is 2. The number of amides is 1. The number of halogens is 1. The first-order valence-electron chi connectivity index (χ1n) is 7.77. The molecular formula is C17H21ClN4O. The maximum atomic E-state index is 12.0. The fourth-order valence-electron chi connectivity index (χ4n) is 2.03. The van der Waals surface area contributed by atoms with Crippen molar-refractivity contribution in [3.63, 3.8) is 0 Å². The second-order valence-electron chi connectivity index (χ2n) is 5.20. The number of anilines is 1. The van der Waals surface area contributed by atoms with E-state index < -0.39 is 0 Å². The van der Waals surface area contributed by atoms with Gasteiger partial charge < -0.3 is 10.6 Å². The van der Waals surface area contributed by atoms with E-state index in [0.717, 1.165) is 30.8 Å². The van der Waals surface area contributed by atoms with E-state index in [1.54, 1.807) is 6.07 Å². The molecule has 1 amide bonds. The minimum absolute atomic E-state index is 0.165. The normalized spacial score (nSPS) is 10.3. The van der Waals surface area contributed by atoms with Gasteiger partial charge in [0.05, 0.1) is 0 Å². The van der Waals surface area contributed by atoms with Crippen LogP contribution in [0.4, 0.5) is 5.82 Å². The first kappa shape index (κ1) is 17.2. The quantitative estimate of drug-likeness (QED) is 0.728. The van der Waals surface area contributed by atoms with Crippen LogP contribution < -0.4 is 10.6 Å². The Morgan fingerprint density at radius 3 is 2.70 bits per heavy atom. The number of rotatable bonds is 8. The molecule has 0 spiro atoms. The monoisotopic (exact) mass is 332 g/mol. The molecule has 0 unspecified atom stereocenters. The van der Waals surface area contributed by atoms with E-state index in [9.17, 15) is 4.79 Å². The van der Waals surface area contributed by atoms with Crippen LogP contribution >= 0.6 is 11.6 Å². The van der Waals surface area contributed by atoms with Gasteiger partial charge >= 0.3 is 0 Å². The predicted octanol–water partition coefficient (Wildman–Crippen LogP) is 3.31. The fraction of sp³-hybridized carbons (Fsp3) is 0.353. The summed E-state index contributed by atoms with van der Waals surface area (Å²) < 4.78 is 0. The highest BCUT2D eigenvalue weighted by Gasteiger charge is 2.07. The molecule has 0 aliphatic rings. The van der Waals surface area contributed by atoms with Crippen LogP contribution in [0.5, 0.6) is 0 Å². The van der Waals surface area contributed by atoms with Gasteiger partial charge in [-0.05, 0) is 30.5 Å². The topological polar surface area (TPSA) is 66.9 Å². The summed E-state index contributed by atoms with van der Waals surface area (Å²) in [5, 5.41) is 6.78. The molecule has 2 aromatic rings. The molecule has 23 heavy (non-hydrogen) atoms. The van der Waals surface area contributed by atoms with E-state index in [2.05, 4.69) is 27.5 Å². The molecular weight excluding hydrogens is 312 g/mol. The van der Waals surface area contributed by atoms with Gasteiger partial charge in [-0.2, -0.15) is 0 Å². The Bertz CT molecular complexity index is 631. The third kappa shape index (κ3) is 5.87. The predicted molar refractivity (Wildman–Crippen MR) is 92.9 cm³/mol. The van der Waals surface area contributed by atoms with Gasteiger partial charge in [-0.15, -0.1) is 0 Å². The second-order valence-corrected chi connectivity index (χ2v) is 5.64. The Hall–Kier alpha value is -2.14. The highest BCUT2D eigenvalue weighted by molar-refractivity contribution is 6.30. The number of carbonyl (C=O) groups excluding carboxylic acids is 1. The van der Waals surface area contributed by atoms with Crippen molar-refractivity contribution in [1.82, 2.24) is 15.3 Å². The number of unbranched alkanes of at least 4 members (excludes halogenated alkanes) is 1. The summed E-state index contributed by atoms with van der Waals surface area (Å²) in [5.41, 5.74) is 1.57. The number of benzene rings is 1. The average Bonchev–Trinajstić information content (AvgIpc) is 2.57. The molecule has 2 rings (SSSR count). The van der Waals surface area contributed by atoms with Crippen molar-refractivity contribution < 1.29 is 4.79 Å². The Kier molecular flexibility index (Phi) is 6.81. The molecule has 5 nitrogen and oxygen atoms in total. The van der Waals surface area contributed by atoms with Crippen molar-refractivity contribution in [2.24, 2.45) is 0 Å². The van der Waals surface area contributed by atoms with Gasteiger partial charge in [0.25, 0.3) is 5.91 Å². The largest absolute Gasteiger partial charge is 0.370 e. The Balaban J connectivity index is 1.84. The van der Waals surface area contributed by atoms with Gasteiger partial charge in [-0.1, -0.05) is 37.1 Å². The van der Waals surface area contributed by atoms with Crippen molar-refractivity contribution in [1.29, 1.82) is 0 Å². The lowest BCUT2D eigenvalue weighted by atomic mass is 10.1. The number of hydrogen-bond acceptors (Lipinski definition) is 4. The van der Waals surface area contributed by atoms with E-state index in [1.807, 2.05) is 24.3 Å². The molecule has 2 N–H and O–H groups in total. The first-order chi connectivity index (χ1) is 11.2. The van der Waals surface area contributed by atoms with Crippen molar-refractivity contribution in [3.05, 3.63) is 52.9 Å². The number of hydrogen-bond donors (Lipinski definition) is 2. The molecule has 1 aromatic heterocycles. The van der Waals surface area contributed by atoms with E-state index in [1.165, 1.54) is 11.9 Å². The van der Waals surface area contributed by atoms with E-state index in [4.69, 9.17) is 11.6 Å². The Morgan fingerprint density at radius 1 is 1.17 bits per heavy atom. The average molecular weight is 333 g/mol. The molecule has 6 heteroatoms. The molecule has 0 radical (unpaired) electrons. The van der Waals surface area contributed by atoms with Gasteiger partial charge in [0.1, 0.15) is 17.8 Å². The van der Waals surface area contributed by atoms with Gasteiger partial charge in [0.15, 0.2) is 0 Å². The Labute approximate surface area is 141 Å². The zero-order valence-corrected chi connectivity index (χ0v) is 13.9. The van der Waals surface area contributed by atoms with Gasteiger partial charge in [-0.25, -0.2) is 9.97 Å². The SMILES string of the molecule is CCCCNC(=O)c1cc(NCCc2ccc(Cl)cc2)ncn1. The van der Waals surface area contributed by atoms with Crippen molar-refractivity contribution >= 4 is 23.3 Å². The highest BCUT2D eigenvalue weighted by Crippen LogP contribution is 2.10. The fourth-order valence-corrected chi connectivity index (χ4v) is 2.16. The van der Waals surface area contributed by atoms with Crippen LogP contribution in [0, 0.1) is 0 Å². The summed E-state index contributed by atoms with van der Waals surface area (Å²) in [5.74, 6) is 0.483. The molecule has 0 bridgehead atoms. The molecule has 0 fully saturated rings. The minimum Gasteiger partial charge on any atom is -0.370 e. The smallest absolute Gasteiger partial charge is 0.270 e. The van der Waals surface area contributed by atoms with Crippen molar-refractivity contribution in [2.45, 2.75) is 26.2 Å². The van der Waals surface area contributed by atoms with Gasteiger partial charge in [-0.3, -0.25) is 4.79 Å². The summed E-state index contributed by atoms with van der Waals surface area (Å²) in [6.07, 6.45) is 4.25. The number of aromatic nitrogens is 2. The summed E-state index contributed by atoms with van der Waals surface area (Å²) in [6.45, 7) is 3.47. The van der Waals surface area contributed by atoms with Gasteiger partial charge in [0, 0.05) is 24.2 Å².